The maximum atomic E-state index is 13.7. The van der Waals surface area contributed by atoms with Gasteiger partial charge in [0.25, 0.3) is 0 Å². The van der Waals surface area contributed by atoms with E-state index in [-0.39, 0.29) is 20.1 Å². The average Bonchev–Trinajstić information content (AvgIpc) is 2.52. The Bertz CT molecular complexity index is 662. The number of aromatic hydroxyl groups is 1. The van der Waals surface area contributed by atoms with Gasteiger partial charge in [-0.25, -0.2) is 8.78 Å². The Kier molecular flexibility index (Phi) is 9.19. The Morgan fingerprint density at radius 3 is 2.22 bits per heavy atom. The molecule has 2 rings (SSSR count). The molecule has 0 spiro atoms. The fourth-order valence-electron chi connectivity index (χ4n) is 1.69. The number of ether oxygens (including phenoxy) is 2. The molecule has 2 aromatic rings. The molecule has 0 aromatic heterocycles. The Hall–Kier alpha value is -0.576. The zero-order valence-electron chi connectivity index (χ0n) is 12.2. The summed E-state index contributed by atoms with van der Waals surface area (Å²) in [5, 5.41) is 10.8. The number of benzene rings is 2. The number of phenols is 1. The first kappa shape index (κ1) is 20.5. The first-order chi connectivity index (χ1) is 11.0. The van der Waals surface area contributed by atoms with Gasteiger partial charge in [-0.15, -0.1) is 0 Å². The van der Waals surface area contributed by atoms with Gasteiger partial charge in [0.15, 0.2) is 11.5 Å². The number of halogens is 4. The van der Waals surface area contributed by atoms with Crippen LogP contribution in [0.1, 0.15) is 0 Å². The van der Waals surface area contributed by atoms with Gasteiger partial charge in [0.05, 0.1) is 14.2 Å². The van der Waals surface area contributed by atoms with Gasteiger partial charge in [0, 0.05) is 22.7 Å². The molecule has 1 unspecified atom stereocenters. The van der Waals surface area contributed by atoms with Gasteiger partial charge in [-0.3, -0.25) is 0 Å². The molecule has 3 nitrogen and oxygen atoms in total. The summed E-state index contributed by atoms with van der Waals surface area (Å²) in [6.07, 6.45) is 0. The van der Waals surface area contributed by atoms with E-state index in [1.54, 1.807) is 6.07 Å². The normalized spacial score (nSPS) is 10.2. The van der Waals surface area contributed by atoms with Crippen molar-refractivity contribution >= 4 is 37.8 Å². The molecule has 9 heteroatoms. The Balaban J connectivity index is 0.000000816. The standard InChI is InChI=1S/C14H13F2O3P.2ClH.Ti/c1-18-9-6-11(19-2)14(17)13(7-9)20-12-4-3-8(15)5-10(12)16;;;/h3-7,17,20H,1-2H3;2*1H;/q;;;+2/p-2. The van der Waals surface area contributed by atoms with E-state index in [9.17, 15) is 13.9 Å². The second kappa shape index (κ2) is 10.3. The van der Waals surface area contributed by atoms with Gasteiger partial charge in [-0.1, -0.05) is 8.58 Å². The van der Waals surface area contributed by atoms with Crippen molar-refractivity contribution in [3.8, 4) is 17.2 Å². The average molecular weight is 417 g/mol. The zero-order chi connectivity index (χ0) is 17.4. The molecule has 0 saturated carbocycles. The van der Waals surface area contributed by atoms with Crippen LogP contribution in [0.2, 0.25) is 0 Å². The van der Waals surface area contributed by atoms with Gasteiger partial charge in [0.1, 0.15) is 17.4 Å². The van der Waals surface area contributed by atoms with Crippen molar-refractivity contribution in [1.29, 1.82) is 0 Å². The van der Waals surface area contributed by atoms with Crippen molar-refractivity contribution in [2.45, 2.75) is 0 Å². The molecule has 0 amide bonds. The molecule has 1 N–H and O–H groups in total. The van der Waals surface area contributed by atoms with Gasteiger partial charge in [-0.05, 0) is 18.2 Å². The van der Waals surface area contributed by atoms with Crippen LogP contribution in [0.5, 0.6) is 17.2 Å². The summed E-state index contributed by atoms with van der Waals surface area (Å²) in [5.41, 5.74) is 0. The molecular formula is C14H13Cl2F2O3PTi. The Morgan fingerprint density at radius 2 is 1.70 bits per heavy atom. The number of rotatable bonds is 4. The third kappa shape index (κ3) is 6.09. The minimum atomic E-state index is -0.649. The van der Waals surface area contributed by atoms with Crippen LogP contribution in [0, 0.1) is 11.6 Å². The van der Waals surface area contributed by atoms with Crippen LogP contribution in [0.15, 0.2) is 30.3 Å². The zero-order valence-corrected chi connectivity index (χ0v) is 16.2. The Labute approximate surface area is 151 Å². The van der Waals surface area contributed by atoms with E-state index < -0.39 is 28.7 Å². The summed E-state index contributed by atoms with van der Waals surface area (Å²) in [7, 11) is 12.5. The molecule has 1 atom stereocenters. The quantitative estimate of drug-likeness (QED) is 0.610. The van der Waals surface area contributed by atoms with E-state index in [1.165, 1.54) is 32.4 Å². The van der Waals surface area contributed by atoms with Crippen LogP contribution in [0.25, 0.3) is 0 Å². The summed E-state index contributed by atoms with van der Waals surface area (Å²) in [6, 6.07) is 6.48. The molecule has 0 radical (unpaired) electrons. The van der Waals surface area contributed by atoms with Gasteiger partial charge in [0.2, 0.25) is 0 Å². The molecule has 23 heavy (non-hydrogen) atoms. The summed E-state index contributed by atoms with van der Waals surface area (Å²) >= 11 is -0.556. The molecule has 0 heterocycles. The van der Waals surface area contributed by atoms with E-state index in [2.05, 4.69) is 0 Å². The van der Waals surface area contributed by atoms with Crippen molar-refractivity contribution in [3.63, 3.8) is 0 Å². The predicted molar refractivity (Wildman–Crippen MR) is 86.9 cm³/mol. The minimum absolute atomic E-state index is 0.0737. The second-order valence-corrected chi connectivity index (χ2v) is 7.95. The van der Waals surface area contributed by atoms with E-state index in [4.69, 9.17) is 28.1 Å². The summed E-state index contributed by atoms with van der Waals surface area (Å²) < 4.78 is 36.7. The van der Waals surface area contributed by atoms with Crippen LogP contribution >= 0.6 is 27.2 Å². The van der Waals surface area contributed by atoms with Crippen LogP contribution < -0.4 is 20.1 Å². The maximum absolute atomic E-state index is 13.7. The summed E-state index contributed by atoms with van der Waals surface area (Å²) in [4.78, 5) is 0. The molecule has 0 bridgehead atoms. The SMILES string of the molecule is COc1cc(OC)c(O)c(Pc2ccc(F)cc2F)c1.[Cl][Ti][Cl]. The molecular weight excluding hydrogens is 404 g/mol. The predicted octanol–water partition coefficient (Wildman–Crippen LogP) is 3.69. The molecule has 0 aliphatic rings. The molecule has 0 aliphatic carbocycles. The van der Waals surface area contributed by atoms with Crippen molar-refractivity contribution in [2.24, 2.45) is 0 Å². The second-order valence-electron chi connectivity index (χ2n) is 4.05. The van der Waals surface area contributed by atoms with E-state index in [1.807, 2.05) is 0 Å². The number of hydrogen-bond donors (Lipinski definition) is 1. The van der Waals surface area contributed by atoms with Gasteiger partial charge >= 0.3 is 35.6 Å². The number of methoxy groups -OCH3 is 2. The monoisotopic (exact) mass is 416 g/mol. The first-order valence-electron chi connectivity index (χ1n) is 6.10. The van der Waals surface area contributed by atoms with Crippen LogP contribution in [-0.4, -0.2) is 19.3 Å². The third-order valence-corrected chi connectivity index (χ3v) is 4.03. The van der Waals surface area contributed by atoms with E-state index in [0.717, 1.165) is 6.07 Å². The fourth-order valence-corrected chi connectivity index (χ4v) is 2.79. The molecule has 0 aliphatic heterocycles. The third-order valence-electron chi connectivity index (χ3n) is 2.70. The number of hydrogen-bond acceptors (Lipinski definition) is 3. The summed E-state index contributed by atoms with van der Waals surface area (Å²) in [5.74, 6) is -0.623. The van der Waals surface area contributed by atoms with Gasteiger partial charge in [-0.2, -0.15) is 0 Å². The summed E-state index contributed by atoms with van der Waals surface area (Å²) in [6.45, 7) is 0. The number of phenolic OH excluding ortho intramolecular Hbond substituents is 1. The van der Waals surface area contributed by atoms with Crippen molar-refractivity contribution in [2.75, 3.05) is 14.2 Å². The molecule has 2 aromatic carbocycles. The molecule has 124 valence electrons. The first-order valence-corrected chi connectivity index (χ1v) is 11.4. The van der Waals surface area contributed by atoms with E-state index in [0.29, 0.717) is 16.4 Å². The van der Waals surface area contributed by atoms with Gasteiger partial charge < -0.3 is 14.6 Å². The van der Waals surface area contributed by atoms with Crippen molar-refractivity contribution in [1.82, 2.24) is 0 Å². The van der Waals surface area contributed by atoms with Crippen molar-refractivity contribution < 1.29 is 40.4 Å². The van der Waals surface area contributed by atoms with E-state index >= 15 is 0 Å². The van der Waals surface area contributed by atoms with Crippen molar-refractivity contribution in [3.05, 3.63) is 42.0 Å². The molecule has 0 fully saturated rings. The van der Waals surface area contributed by atoms with Crippen LogP contribution in [-0.2, 0) is 17.0 Å². The van der Waals surface area contributed by atoms with Crippen LogP contribution in [0.3, 0.4) is 0 Å². The fraction of sp³-hybridized carbons (Fsp3) is 0.143. The molecule has 0 saturated heterocycles. The van der Waals surface area contributed by atoms with Crippen LogP contribution in [0.4, 0.5) is 8.78 Å². The topological polar surface area (TPSA) is 38.7 Å². The Morgan fingerprint density at radius 1 is 1.04 bits per heavy atom.